The number of rotatable bonds is 6. The Labute approximate surface area is 114 Å². The molecule has 0 bridgehead atoms. The molecular weight excluding hydrogens is 266 g/mol. The number of carboxylic acids is 2. The Bertz CT molecular complexity index is 534. The minimum atomic E-state index is -1.48. The van der Waals surface area contributed by atoms with Gasteiger partial charge in [0.05, 0.1) is 6.42 Å². The van der Waals surface area contributed by atoms with Gasteiger partial charge in [-0.05, 0) is 23.8 Å². The molecule has 0 aliphatic carbocycles. The van der Waals surface area contributed by atoms with Crippen molar-refractivity contribution in [1.82, 2.24) is 5.32 Å². The Kier molecular flexibility index (Phi) is 5.28. The van der Waals surface area contributed by atoms with E-state index in [0.717, 1.165) is 6.08 Å². The SMILES string of the molecule is O=C(O)C[C@@H](NC(=O)C=Cc1ccc(O)cc1)C(=O)O. The smallest absolute Gasteiger partial charge is 0.326 e. The van der Waals surface area contributed by atoms with Crippen LogP contribution in [0.25, 0.3) is 6.08 Å². The molecule has 0 aliphatic rings. The second kappa shape index (κ2) is 6.93. The lowest BCUT2D eigenvalue weighted by atomic mass is 10.2. The molecule has 7 heteroatoms. The van der Waals surface area contributed by atoms with Gasteiger partial charge in [-0.1, -0.05) is 12.1 Å². The van der Waals surface area contributed by atoms with E-state index in [1.165, 1.54) is 18.2 Å². The lowest BCUT2D eigenvalue weighted by Crippen LogP contribution is -2.41. The molecule has 0 heterocycles. The Balaban J connectivity index is 2.63. The van der Waals surface area contributed by atoms with Crippen LogP contribution in [0.4, 0.5) is 0 Å². The van der Waals surface area contributed by atoms with E-state index in [1.807, 2.05) is 0 Å². The van der Waals surface area contributed by atoms with Crippen LogP contribution in [0.5, 0.6) is 5.75 Å². The van der Waals surface area contributed by atoms with Crippen molar-refractivity contribution in [2.24, 2.45) is 0 Å². The zero-order chi connectivity index (χ0) is 15.1. The molecule has 20 heavy (non-hydrogen) atoms. The molecular formula is C13H13NO6. The van der Waals surface area contributed by atoms with Crippen LogP contribution < -0.4 is 5.32 Å². The highest BCUT2D eigenvalue weighted by Gasteiger charge is 2.21. The Hall–Kier alpha value is -2.83. The average molecular weight is 279 g/mol. The number of phenols is 1. The summed E-state index contributed by atoms with van der Waals surface area (Å²) in [6.45, 7) is 0. The highest BCUT2D eigenvalue weighted by atomic mass is 16.4. The number of aliphatic carboxylic acids is 2. The Morgan fingerprint density at radius 1 is 1.15 bits per heavy atom. The third-order valence-electron chi connectivity index (χ3n) is 2.31. The number of hydrogen-bond acceptors (Lipinski definition) is 4. The number of benzene rings is 1. The van der Waals surface area contributed by atoms with E-state index in [0.29, 0.717) is 5.56 Å². The maximum Gasteiger partial charge on any atom is 0.326 e. The van der Waals surface area contributed by atoms with Gasteiger partial charge in [0.15, 0.2) is 0 Å². The number of carbonyl (C=O) groups excluding carboxylic acids is 1. The highest BCUT2D eigenvalue weighted by Crippen LogP contribution is 2.10. The van der Waals surface area contributed by atoms with E-state index < -0.39 is 30.3 Å². The van der Waals surface area contributed by atoms with Crippen molar-refractivity contribution in [3.8, 4) is 5.75 Å². The largest absolute Gasteiger partial charge is 0.508 e. The summed E-state index contributed by atoms with van der Waals surface area (Å²) in [6, 6.07) is 4.50. The lowest BCUT2D eigenvalue weighted by molar-refractivity contribution is -0.146. The molecule has 4 N–H and O–H groups in total. The number of amides is 1. The monoisotopic (exact) mass is 279 g/mol. The molecule has 0 saturated heterocycles. The molecule has 0 aromatic heterocycles. The molecule has 7 nitrogen and oxygen atoms in total. The fourth-order valence-electron chi connectivity index (χ4n) is 1.35. The summed E-state index contributed by atoms with van der Waals surface area (Å²) in [7, 11) is 0. The number of carboxylic acid groups (broad SMARTS) is 2. The van der Waals surface area contributed by atoms with Crippen LogP contribution in [-0.2, 0) is 14.4 Å². The third kappa shape index (κ3) is 5.21. The summed E-state index contributed by atoms with van der Waals surface area (Å²) < 4.78 is 0. The van der Waals surface area contributed by atoms with E-state index in [-0.39, 0.29) is 5.75 Å². The topological polar surface area (TPSA) is 124 Å². The van der Waals surface area contributed by atoms with Crippen molar-refractivity contribution in [3.05, 3.63) is 35.9 Å². The van der Waals surface area contributed by atoms with E-state index in [2.05, 4.69) is 5.32 Å². The maximum atomic E-state index is 11.5. The first-order valence-electron chi connectivity index (χ1n) is 5.60. The number of carbonyl (C=O) groups is 3. The van der Waals surface area contributed by atoms with Crippen LogP contribution in [0.1, 0.15) is 12.0 Å². The van der Waals surface area contributed by atoms with Crippen molar-refractivity contribution < 1.29 is 29.7 Å². The summed E-state index contributed by atoms with van der Waals surface area (Å²) in [6.07, 6.45) is 1.80. The highest BCUT2D eigenvalue weighted by molar-refractivity contribution is 5.95. The van der Waals surface area contributed by atoms with Crippen molar-refractivity contribution in [1.29, 1.82) is 0 Å². The van der Waals surface area contributed by atoms with E-state index in [9.17, 15) is 14.4 Å². The van der Waals surface area contributed by atoms with E-state index in [1.54, 1.807) is 12.1 Å². The van der Waals surface area contributed by atoms with Gasteiger partial charge in [0.1, 0.15) is 11.8 Å². The molecule has 1 aromatic carbocycles. The number of nitrogens with one attached hydrogen (secondary N) is 1. The quantitative estimate of drug-likeness (QED) is 0.560. The zero-order valence-corrected chi connectivity index (χ0v) is 10.3. The predicted molar refractivity (Wildman–Crippen MR) is 69.0 cm³/mol. The molecule has 106 valence electrons. The van der Waals surface area contributed by atoms with Crippen LogP contribution in [-0.4, -0.2) is 39.2 Å². The maximum absolute atomic E-state index is 11.5. The molecule has 0 unspecified atom stereocenters. The van der Waals surface area contributed by atoms with Gasteiger partial charge in [-0.15, -0.1) is 0 Å². The van der Waals surface area contributed by atoms with Crippen LogP contribution in [0.15, 0.2) is 30.3 Å². The first kappa shape index (κ1) is 15.2. The van der Waals surface area contributed by atoms with Gasteiger partial charge < -0.3 is 20.6 Å². The number of phenolic OH excluding ortho intramolecular Hbond substituents is 1. The van der Waals surface area contributed by atoms with Gasteiger partial charge in [-0.3, -0.25) is 9.59 Å². The van der Waals surface area contributed by atoms with E-state index in [4.69, 9.17) is 15.3 Å². The molecule has 1 aromatic rings. The molecule has 0 radical (unpaired) electrons. The summed E-state index contributed by atoms with van der Waals surface area (Å²) in [5.74, 6) is -3.37. The molecule has 0 saturated carbocycles. The van der Waals surface area contributed by atoms with Crippen molar-refractivity contribution in [2.45, 2.75) is 12.5 Å². The molecule has 0 fully saturated rings. The molecule has 1 rings (SSSR count). The van der Waals surface area contributed by atoms with Crippen LogP contribution in [0.2, 0.25) is 0 Å². The summed E-state index contributed by atoms with van der Waals surface area (Å²) in [5, 5.41) is 28.4. The normalized spacial score (nSPS) is 12.0. The lowest BCUT2D eigenvalue weighted by Gasteiger charge is -2.10. The number of aromatic hydroxyl groups is 1. The first-order chi connectivity index (χ1) is 9.38. The van der Waals surface area contributed by atoms with Gasteiger partial charge in [0.2, 0.25) is 5.91 Å². The molecule has 1 atom stereocenters. The van der Waals surface area contributed by atoms with Crippen LogP contribution in [0.3, 0.4) is 0 Å². The van der Waals surface area contributed by atoms with Crippen LogP contribution in [0, 0.1) is 0 Å². The minimum Gasteiger partial charge on any atom is -0.508 e. The average Bonchev–Trinajstić information content (AvgIpc) is 2.36. The molecule has 0 aliphatic heterocycles. The Morgan fingerprint density at radius 2 is 1.75 bits per heavy atom. The first-order valence-corrected chi connectivity index (χ1v) is 5.60. The summed E-state index contributed by atoms with van der Waals surface area (Å²) in [5.41, 5.74) is 0.628. The van der Waals surface area contributed by atoms with Crippen LogP contribution >= 0.6 is 0 Å². The van der Waals surface area contributed by atoms with Crippen molar-refractivity contribution in [2.75, 3.05) is 0 Å². The van der Waals surface area contributed by atoms with Crippen molar-refractivity contribution in [3.63, 3.8) is 0 Å². The second-order valence-electron chi connectivity index (χ2n) is 3.92. The van der Waals surface area contributed by atoms with Gasteiger partial charge in [0.25, 0.3) is 0 Å². The second-order valence-corrected chi connectivity index (χ2v) is 3.92. The van der Waals surface area contributed by atoms with Crippen molar-refractivity contribution >= 4 is 23.9 Å². The van der Waals surface area contributed by atoms with Gasteiger partial charge in [-0.25, -0.2) is 4.79 Å². The van der Waals surface area contributed by atoms with Gasteiger partial charge >= 0.3 is 11.9 Å². The third-order valence-corrected chi connectivity index (χ3v) is 2.31. The summed E-state index contributed by atoms with van der Waals surface area (Å²) in [4.78, 5) is 32.7. The van der Waals surface area contributed by atoms with Gasteiger partial charge in [0, 0.05) is 6.08 Å². The summed E-state index contributed by atoms with van der Waals surface area (Å²) >= 11 is 0. The van der Waals surface area contributed by atoms with Gasteiger partial charge in [-0.2, -0.15) is 0 Å². The van der Waals surface area contributed by atoms with E-state index >= 15 is 0 Å². The fourth-order valence-corrected chi connectivity index (χ4v) is 1.35. The Morgan fingerprint density at radius 3 is 2.25 bits per heavy atom. The minimum absolute atomic E-state index is 0.0824. The standard InChI is InChI=1S/C13H13NO6/c15-9-4-1-8(2-5-9)3-6-11(16)14-10(13(19)20)7-12(17)18/h1-6,10,15H,7H2,(H,14,16)(H,17,18)(H,19,20)/t10-/m1/s1. The number of hydrogen-bond donors (Lipinski definition) is 4. The predicted octanol–water partition coefficient (Wildman–Crippen LogP) is 0.449. The molecule has 1 amide bonds. The zero-order valence-electron chi connectivity index (χ0n) is 10.3. The molecule has 0 spiro atoms. The fraction of sp³-hybridized carbons (Fsp3) is 0.154.